The van der Waals surface area contributed by atoms with Gasteiger partial charge in [0.25, 0.3) is 0 Å². The van der Waals surface area contributed by atoms with Crippen molar-refractivity contribution in [3.8, 4) is 5.75 Å². The number of carbonyl (C=O) groups excluding carboxylic acids is 6. The molecule has 0 bridgehead atoms. The molecule has 0 aromatic heterocycles. The van der Waals surface area contributed by atoms with Gasteiger partial charge in [0.2, 0.25) is 5.91 Å². The van der Waals surface area contributed by atoms with E-state index in [0.717, 1.165) is 32.1 Å². The van der Waals surface area contributed by atoms with Crippen LogP contribution in [0.5, 0.6) is 5.75 Å². The number of phenolic OH excluding ortho intramolecular Hbond substituents is 1. The van der Waals surface area contributed by atoms with Crippen LogP contribution in [0.3, 0.4) is 0 Å². The standard InChI is InChI=1S/C30H35NO8/c1-13(2)21-18-12-15-11-17-16(20(33)10-14-6-4-3-5-7-14)8-9-19(32)23(17)26(35)22(15)27(36)30(18,39)28(37)24(25(21)34)29(31)38/h8-9,13-15,18,21-22,24,32,39H,3-7,10-12H2,1-2H3,(H2,31,38)/t15-,18-,21-,22?,24?,30-/m0/s1. The number of fused-ring (bicyclic) bond motifs is 3. The van der Waals surface area contributed by atoms with Crippen LogP contribution in [0.25, 0.3) is 0 Å². The quantitative estimate of drug-likeness (QED) is 0.380. The van der Waals surface area contributed by atoms with Crippen LogP contribution in [-0.4, -0.2) is 50.6 Å². The van der Waals surface area contributed by atoms with Crippen LogP contribution < -0.4 is 5.73 Å². The minimum atomic E-state index is -2.72. The van der Waals surface area contributed by atoms with Crippen LogP contribution >= 0.6 is 0 Å². The number of aromatic hydroxyl groups is 1. The fraction of sp³-hybridized carbons (Fsp3) is 0.600. The molecule has 6 atom stereocenters. The molecule has 0 heterocycles. The molecule has 0 aliphatic heterocycles. The average Bonchev–Trinajstić information content (AvgIpc) is 2.86. The number of ketones is 5. The Hall–Kier alpha value is -3.20. The van der Waals surface area contributed by atoms with Crippen molar-refractivity contribution in [2.24, 2.45) is 47.2 Å². The molecule has 0 radical (unpaired) electrons. The molecule has 1 amide bonds. The zero-order chi connectivity index (χ0) is 28.4. The van der Waals surface area contributed by atoms with Gasteiger partial charge in [-0.15, -0.1) is 0 Å². The van der Waals surface area contributed by atoms with Crippen molar-refractivity contribution in [1.82, 2.24) is 0 Å². The highest BCUT2D eigenvalue weighted by molar-refractivity contribution is 6.32. The zero-order valence-corrected chi connectivity index (χ0v) is 22.3. The van der Waals surface area contributed by atoms with Crippen molar-refractivity contribution in [3.63, 3.8) is 0 Å². The van der Waals surface area contributed by atoms with E-state index in [4.69, 9.17) is 5.73 Å². The van der Waals surface area contributed by atoms with E-state index in [1.165, 1.54) is 12.1 Å². The molecule has 4 aliphatic rings. The third-order valence-corrected chi connectivity index (χ3v) is 9.70. The van der Waals surface area contributed by atoms with E-state index in [-0.39, 0.29) is 35.9 Å². The van der Waals surface area contributed by atoms with E-state index in [9.17, 15) is 39.0 Å². The number of Topliss-reactive ketones (excluding diaryl/α,β-unsaturated/α-hetero) is 5. The summed E-state index contributed by atoms with van der Waals surface area (Å²) in [4.78, 5) is 79.7. The average molecular weight is 538 g/mol. The molecule has 9 heteroatoms. The van der Waals surface area contributed by atoms with Crippen LogP contribution in [0.2, 0.25) is 0 Å². The molecule has 208 valence electrons. The van der Waals surface area contributed by atoms with Gasteiger partial charge >= 0.3 is 0 Å². The second-order valence-corrected chi connectivity index (χ2v) is 12.3. The largest absolute Gasteiger partial charge is 0.507 e. The number of rotatable bonds is 5. The van der Waals surface area contributed by atoms with Crippen molar-refractivity contribution in [3.05, 3.63) is 28.8 Å². The highest BCUT2D eigenvalue weighted by atomic mass is 16.3. The van der Waals surface area contributed by atoms with Crippen LogP contribution in [0.4, 0.5) is 0 Å². The number of hydrogen-bond donors (Lipinski definition) is 3. The number of primary amides is 1. The molecule has 9 nitrogen and oxygen atoms in total. The smallest absolute Gasteiger partial charge is 0.235 e. The normalized spacial score (nSPS) is 33.0. The summed E-state index contributed by atoms with van der Waals surface area (Å²) in [5.41, 5.74) is 3.23. The van der Waals surface area contributed by atoms with Crippen LogP contribution in [-0.2, 0) is 25.6 Å². The molecule has 39 heavy (non-hydrogen) atoms. The third kappa shape index (κ3) is 4.08. The van der Waals surface area contributed by atoms with Crippen molar-refractivity contribution < 1.29 is 39.0 Å². The summed E-state index contributed by atoms with van der Waals surface area (Å²) in [5.74, 6) is -11.9. The molecule has 5 rings (SSSR count). The summed E-state index contributed by atoms with van der Waals surface area (Å²) in [7, 11) is 0. The van der Waals surface area contributed by atoms with Gasteiger partial charge in [-0.1, -0.05) is 46.0 Å². The van der Waals surface area contributed by atoms with Crippen molar-refractivity contribution in [1.29, 1.82) is 0 Å². The molecule has 1 aromatic rings. The molecular weight excluding hydrogens is 502 g/mol. The molecule has 3 saturated carbocycles. The number of carbonyl (C=O) groups is 6. The Kier molecular flexibility index (Phi) is 6.85. The second kappa shape index (κ2) is 9.77. The second-order valence-electron chi connectivity index (χ2n) is 12.3. The maximum atomic E-state index is 13.9. The van der Waals surface area contributed by atoms with Gasteiger partial charge in [0, 0.05) is 23.8 Å². The van der Waals surface area contributed by atoms with Crippen molar-refractivity contribution >= 4 is 34.8 Å². The summed E-state index contributed by atoms with van der Waals surface area (Å²) in [6, 6.07) is 2.80. The maximum absolute atomic E-state index is 13.9. The zero-order valence-electron chi connectivity index (χ0n) is 22.3. The minimum absolute atomic E-state index is 0.00416. The number of amides is 1. The minimum Gasteiger partial charge on any atom is -0.507 e. The summed E-state index contributed by atoms with van der Waals surface area (Å²) < 4.78 is 0. The fourth-order valence-corrected chi connectivity index (χ4v) is 7.88. The number of benzene rings is 1. The summed E-state index contributed by atoms with van der Waals surface area (Å²) in [5, 5.41) is 22.3. The van der Waals surface area contributed by atoms with E-state index in [2.05, 4.69) is 0 Å². The van der Waals surface area contributed by atoms with Crippen LogP contribution in [0, 0.1) is 41.4 Å². The molecule has 1 aromatic carbocycles. The van der Waals surface area contributed by atoms with Gasteiger partial charge in [-0.2, -0.15) is 0 Å². The number of nitrogens with two attached hydrogens (primary N) is 1. The van der Waals surface area contributed by atoms with Gasteiger partial charge in [0.05, 0.1) is 11.5 Å². The molecule has 0 saturated heterocycles. The molecule has 4 N–H and O–H groups in total. The van der Waals surface area contributed by atoms with E-state index in [1.807, 2.05) is 0 Å². The van der Waals surface area contributed by atoms with Gasteiger partial charge in [0.15, 0.2) is 40.4 Å². The van der Waals surface area contributed by atoms with E-state index in [1.54, 1.807) is 13.8 Å². The lowest BCUT2D eigenvalue weighted by molar-refractivity contribution is -0.182. The Labute approximate surface area is 226 Å². The Balaban J connectivity index is 1.56. The van der Waals surface area contributed by atoms with Gasteiger partial charge < -0.3 is 15.9 Å². The lowest BCUT2D eigenvalue weighted by Gasteiger charge is -2.52. The first kappa shape index (κ1) is 27.4. The monoisotopic (exact) mass is 537 g/mol. The first-order valence-electron chi connectivity index (χ1n) is 14.0. The molecule has 0 spiro atoms. The highest BCUT2D eigenvalue weighted by Crippen LogP contribution is 2.53. The van der Waals surface area contributed by atoms with Gasteiger partial charge in [-0.25, -0.2) is 0 Å². The molecule has 4 aliphatic carbocycles. The van der Waals surface area contributed by atoms with Gasteiger partial charge in [-0.3, -0.25) is 28.8 Å². The van der Waals surface area contributed by atoms with Crippen molar-refractivity contribution in [2.45, 2.75) is 70.8 Å². The number of aliphatic hydroxyl groups is 1. The molecule has 3 fully saturated rings. The van der Waals surface area contributed by atoms with Crippen LogP contribution in [0.15, 0.2) is 12.1 Å². The Morgan fingerprint density at radius 1 is 1.05 bits per heavy atom. The summed E-state index contributed by atoms with van der Waals surface area (Å²) >= 11 is 0. The highest BCUT2D eigenvalue weighted by Gasteiger charge is 2.69. The maximum Gasteiger partial charge on any atom is 0.235 e. The summed E-state index contributed by atoms with van der Waals surface area (Å²) in [6.07, 6.45) is 5.68. The third-order valence-electron chi connectivity index (χ3n) is 9.70. The van der Waals surface area contributed by atoms with E-state index >= 15 is 0 Å². The lowest BCUT2D eigenvalue weighted by atomic mass is 9.49. The van der Waals surface area contributed by atoms with E-state index < -0.39 is 70.1 Å². The molecule has 2 unspecified atom stereocenters. The first-order chi connectivity index (χ1) is 18.4. The predicted molar refractivity (Wildman–Crippen MR) is 138 cm³/mol. The number of phenols is 1. The lowest BCUT2D eigenvalue weighted by Crippen LogP contribution is -2.71. The fourth-order valence-electron chi connectivity index (χ4n) is 7.88. The summed E-state index contributed by atoms with van der Waals surface area (Å²) in [6.45, 7) is 3.41. The SMILES string of the molecule is CC(C)[C@@H]1C(=O)C(C(N)=O)C(=O)[C@@]2(O)C(=O)C3C(=O)c4c(O)ccc(C(=O)CC5CCCCC5)c4C[C@H]3C[C@@H]12. The van der Waals surface area contributed by atoms with Crippen LogP contribution in [0.1, 0.15) is 85.1 Å². The van der Waals surface area contributed by atoms with Gasteiger partial charge in [-0.05, 0) is 48.3 Å². The van der Waals surface area contributed by atoms with Gasteiger partial charge in [0.1, 0.15) is 5.75 Å². The van der Waals surface area contributed by atoms with E-state index in [0.29, 0.717) is 17.5 Å². The Morgan fingerprint density at radius 3 is 2.33 bits per heavy atom. The predicted octanol–water partition coefficient (Wildman–Crippen LogP) is 2.36. The molecular formula is C30H35NO8. The first-order valence-corrected chi connectivity index (χ1v) is 14.0. The topological polar surface area (TPSA) is 169 Å². The Morgan fingerprint density at radius 2 is 1.72 bits per heavy atom. The number of hydrogen-bond acceptors (Lipinski definition) is 8. The Bertz CT molecular complexity index is 1290. The van der Waals surface area contributed by atoms with Crippen molar-refractivity contribution in [2.75, 3.05) is 0 Å².